The van der Waals surface area contributed by atoms with Crippen molar-refractivity contribution in [3.8, 4) is 0 Å². The van der Waals surface area contributed by atoms with Gasteiger partial charge < -0.3 is 19.7 Å². The minimum absolute atomic E-state index is 0.117. The number of hydrogen-bond donors (Lipinski definition) is 2. The fourth-order valence-electron chi connectivity index (χ4n) is 1.23. The van der Waals surface area contributed by atoms with Gasteiger partial charge in [0.15, 0.2) is 6.29 Å². The molecule has 2 N–H and O–H groups in total. The quantitative estimate of drug-likeness (QED) is 0.545. The number of hydrogen-bond acceptors (Lipinski definition) is 4. The molecule has 0 amide bonds. The van der Waals surface area contributed by atoms with Gasteiger partial charge in [-0.05, 0) is 6.92 Å². The largest absolute Gasteiger partial charge is 0.388 e. The maximum atomic E-state index is 9.14. The minimum atomic E-state index is -1.06. The van der Waals surface area contributed by atoms with Crippen LogP contribution in [0.3, 0.4) is 0 Å². The molecule has 0 radical (unpaired) electrons. The monoisotopic (exact) mass is 162 g/mol. The third-order valence-electron chi connectivity index (χ3n) is 1.98. The molecule has 4 nitrogen and oxygen atoms in total. The first kappa shape index (κ1) is 8.93. The highest BCUT2D eigenvalue weighted by atomic mass is 16.6. The van der Waals surface area contributed by atoms with E-state index in [2.05, 4.69) is 0 Å². The van der Waals surface area contributed by atoms with Crippen molar-refractivity contribution in [2.24, 2.45) is 0 Å². The van der Waals surface area contributed by atoms with E-state index >= 15 is 0 Å². The average Bonchev–Trinajstić information content (AvgIpc) is 1.97. The van der Waals surface area contributed by atoms with Crippen LogP contribution in [-0.4, -0.2) is 41.9 Å². The topological polar surface area (TPSA) is 58.9 Å². The molecule has 0 bridgehead atoms. The fraction of sp³-hybridized carbons (Fsp3) is 1.00. The lowest BCUT2D eigenvalue weighted by Crippen LogP contribution is -2.46. The van der Waals surface area contributed by atoms with E-state index in [-0.39, 0.29) is 12.2 Å². The lowest BCUT2D eigenvalue weighted by atomic mass is 10.0. The molecule has 0 aliphatic carbocycles. The van der Waals surface area contributed by atoms with Crippen LogP contribution >= 0.6 is 0 Å². The highest BCUT2D eigenvalue weighted by molar-refractivity contribution is 4.78. The highest BCUT2D eigenvalue weighted by Crippen LogP contribution is 2.20. The Morgan fingerprint density at radius 3 is 2.64 bits per heavy atom. The molecule has 0 aromatic carbocycles. The van der Waals surface area contributed by atoms with Crippen molar-refractivity contribution in [2.45, 2.75) is 37.9 Å². The van der Waals surface area contributed by atoms with Crippen molar-refractivity contribution in [2.75, 3.05) is 7.11 Å². The molecule has 1 aliphatic rings. The summed E-state index contributed by atoms with van der Waals surface area (Å²) >= 11 is 0. The Morgan fingerprint density at radius 2 is 2.09 bits per heavy atom. The number of rotatable bonds is 1. The molecule has 4 atom stereocenters. The second-order valence-electron chi connectivity index (χ2n) is 2.81. The SMILES string of the molecule is CO[C@H]1C[C@@H](O)C(O)O[C@@H]1C. The van der Waals surface area contributed by atoms with E-state index in [0.717, 1.165) is 0 Å². The van der Waals surface area contributed by atoms with Crippen LogP contribution in [0, 0.1) is 0 Å². The summed E-state index contributed by atoms with van der Waals surface area (Å²) in [5, 5.41) is 18.2. The number of methoxy groups -OCH3 is 1. The van der Waals surface area contributed by atoms with E-state index in [9.17, 15) is 0 Å². The summed E-state index contributed by atoms with van der Waals surface area (Å²) < 4.78 is 10.0. The van der Waals surface area contributed by atoms with Gasteiger partial charge in [-0.15, -0.1) is 0 Å². The van der Waals surface area contributed by atoms with E-state index in [4.69, 9.17) is 19.7 Å². The van der Waals surface area contributed by atoms with Gasteiger partial charge in [-0.1, -0.05) is 0 Å². The summed E-state index contributed by atoms with van der Waals surface area (Å²) in [6.45, 7) is 1.81. The van der Waals surface area contributed by atoms with Gasteiger partial charge in [-0.3, -0.25) is 0 Å². The van der Waals surface area contributed by atoms with Crippen LogP contribution in [0.25, 0.3) is 0 Å². The molecule has 0 aromatic heterocycles. The first-order chi connectivity index (χ1) is 5.15. The van der Waals surface area contributed by atoms with Crippen LogP contribution in [0.15, 0.2) is 0 Å². The highest BCUT2D eigenvalue weighted by Gasteiger charge is 2.33. The molecule has 1 fully saturated rings. The van der Waals surface area contributed by atoms with Crippen molar-refractivity contribution in [1.29, 1.82) is 0 Å². The molecular formula is C7H14O4. The number of ether oxygens (including phenoxy) is 2. The molecule has 1 rings (SSSR count). The maximum Gasteiger partial charge on any atom is 0.181 e. The van der Waals surface area contributed by atoms with E-state index in [1.54, 1.807) is 7.11 Å². The summed E-state index contributed by atoms with van der Waals surface area (Å²) in [6, 6.07) is 0. The summed E-state index contributed by atoms with van der Waals surface area (Å²) in [5.41, 5.74) is 0. The summed E-state index contributed by atoms with van der Waals surface area (Å²) in [6.07, 6.45) is -1.72. The smallest absolute Gasteiger partial charge is 0.181 e. The maximum absolute atomic E-state index is 9.14. The van der Waals surface area contributed by atoms with Crippen LogP contribution in [0.4, 0.5) is 0 Å². The Hall–Kier alpha value is -0.160. The molecule has 0 saturated carbocycles. The molecule has 1 aliphatic heterocycles. The molecule has 1 heterocycles. The van der Waals surface area contributed by atoms with E-state index < -0.39 is 12.4 Å². The Labute approximate surface area is 65.7 Å². The van der Waals surface area contributed by atoms with Crippen molar-refractivity contribution in [3.63, 3.8) is 0 Å². The molecule has 11 heavy (non-hydrogen) atoms. The molecule has 1 unspecified atom stereocenters. The van der Waals surface area contributed by atoms with Gasteiger partial charge in [0, 0.05) is 13.5 Å². The Kier molecular flexibility index (Phi) is 2.84. The Bertz CT molecular complexity index is 128. The first-order valence-electron chi connectivity index (χ1n) is 3.69. The average molecular weight is 162 g/mol. The third-order valence-corrected chi connectivity index (χ3v) is 1.98. The molecule has 1 saturated heterocycles. The van der Waals surface area contributed by atoms with Crippen molar-refractivity contribution in [3.05, 3.63) is 0 Å². The minimum Gasteiger partial charge on any atom is -0.388 e. The predicted octanol–water partition coefficient (Wildman–Crippen LogP) is -0.510. The zero-order valence-corrected chi connectivity index (χ0v) is 6.73. The number of aliphatic hydroxyl groups excluding tert-OH is 2. The summed E-state index contributed by atoms with van der Waals surface area (Å²) in [4.78, 5) is 0. The van der Waals surface area contributed by atoms with Gasteiger partial charge in [0.25, 0.3) is 0 Å². The summed E-state index contributed by atoms with van der Waals surface area (Å²) in [7, 11) is 1.56. The fourth-order valence-corrected chi connectivity index (χ4v) is 1.23. The molecule has 66 valence electrons. The predicted molar refractivity (Wildman–Crippen MR) is 38.0 cm³/mol. The second-order valence-corrected chi connectivity index (χ2v) is 2.81. The lowest BCUT2D eigenvalue weighted by Gasteiger charge is -2.34. The van der Waals surface area contributed by atoms with Gasteiger partial charge in [-0.25, -0.2) is 0 Å². The van der Waals surface area contributed by atoms with Crippen LogP contribution < -0.4 is 0 Å². The van der Waals surface area contributed by atoms with Crippen LogP contribution in [0.1, 0.15) is 13.3 Å². The van der Waals surface area contributed by atoms with Gasteiger partial charge in [-0.2, -0.15) is 0 Å². The van der Waals surface area contributed by atoms with Gasteiger partial charge in [0.1, 0.15) is 6.10 Å². The van der Waals surface area contributed by atoms with Crippen molar-refractivity contribution >= 4 is 0 Å². The number of aliphatic hydroxyl groups is 2. The standard InChI is InChI=1S/C7H14O4/c1-4-6(10-2)3-5(8)7(9)11-4/h4-9H,3H2,1-2H3/t4-,5-,6+,7?/m1/s1. The Morgan fingerprint density at radius 1 is 1.45 bits per heavy atom. The van der Waals surface area contributed by atoms with Gasteiger partial charge in [0.05, 0.1) is 12.2 Å². The van der Waals surface area contributed by atoms with Gasteiger partial charge >= 0.3 is 0 Å². The zero-order valence-electron chi connectivity index (χ0n) is 6.73. The molecular weight excluding hydrogens is 148 g/mol. The second kappa shape index (κ2) is 3.49. The zero-order chi connectivity index (χ0) is 8.43. The van der Waals surface area contributed by atoms with E-state index in [1.165, 1.54) is 0 Å². The van der Waals surface area contributed by atoms with Crippen molar-refractivity contribution < 1.29 is 19.7 Å². The normalized spacial score (nSPS) is 45.8. The van der Waals surface area contributed by atoms with Gasteiger partial charge in [0.2, 0.25) is 0 Å². The van der Waals surface area contributed by atoms with E-state index in [1.807, 2.05) is 6.92 Å². The molecule has 0 aromatic rings. The van der Waals surface area contributed by atoms with E-state index in [0.29, 0.717) is 6.42 Å². The summed E-state index contributed by atoms with van der Waals surface area (Å²) in [5.74, 6) is 0. The molecule has 4 heteroatoms. The first-order valence-corrected chi connectivity index (χ1v) is 3.69. The van der Waals surface area contributed by atoms with Crippen LogP contribution in [-0.2, 0) is 9.47 Å². The van der Waals surface area contributed by atoms with Crippen LogP contribution in [0.5, 0.6) is 0 Å². The van der Waals surface area contributed by atoms with Crippen LogP contribution in [0.2, 0.25) is 0 Å². The lowest BCUT2D eigenvalue weighted by molar-refractivity contribution is -0.244. The Balaban J connectivity index is 2.48. The molecule has 0 spiro atoms. The van der Waals surface area contributed by atoms with Crippen molar-refractivity contribution in [1.82, 2.24) is 0 Å². The third kappa shape index (κ3) is 1.90.